The number of hydrogen-bond acceptors (Lipinski definition) is 3. The molecule has 1 aromatic carbocycles. The maximum Gasteiger partial charge on any atom is 0.289 e. The van der Waals surface area contributed by atoms with E-state index >= 15 is 0 Å². The van der Waals surface area contributed by atoms with E-state index in [1.54, 1.807) is 30.5 Å². The largest absolute Gasteiger partial charge is 0.363 e. The van der Waals surface area contributed by atoms with Crippen molar-refractivity contribution in [2.24, 2.45) is 15.9 Å². The molecule has 0 aromatic heterocycles. The number of nitro groups is 1. The van der Waals surface area contributed by atoms with Crippen molar-refractivity contribution in [1.82, 2.24) is 5.01 Å². The van der Waals surface area contributed by atoms with E-state index in [0.29, 0.717) is 5.02 Å². The summed E-state index contributed by atoms with van der Waals surface area (Å²) < 4.78 is 0. The van der Waals surface area contributed by atoms with Gasteiger partial charge in [-0.25, -0.2) is 15.1 Å². The Morgan fingerprint density at radius 1 is 1.50 bits per heavy atom. The third kappa shape index (κ3) is 5.66. The van der Waals surface area contributed by atoms with Crippen molar-refractivity contribution in [2.45, 2.75) is 26.3 Å². The molecule has 0 spiro atoms. The van der Waals surface area contributed by atoms with Gasteiger partial charge in [-0.05, 0) is 24.1 Å². The van der Waals surface area contributed by atoms with Crippen LogP contribution >= 0.6 is 11.6 Å². The average molecular weight is 298 g/mol. The monoisotopic (exact) mass is 297 g/mol. The Morgan fingerprint density at radius 3 is 2.70 bits per heavy atom. The highest BCUT2D eigenvalue weighted by atomic mass is 35.5. The van der Waals surface area contributed by atoms with Gasteiger partial charge in [-0.3, -0.25) is 0 Å². The number of rotatable bonds is 6. The third-order valence-electron chi connectivity index (χ3n) is 2.33. The first-order chi connectivity index (χ1) is 9.52. The van der Waals surface area contributed by atoms with Gasteiger partial charge in [0.25, 0.3) is 5.96 Å². The van der Waals surface area contributed by atoms with E-state index in [1.807, 2.05) is 6.92 Å². The molecular formula is C12H16ClN5O2. The summed E-state index contributed by atoms with van der Waals surface area (Å²) in [7, 11) is 0. The van der Waals surface area contributed by atoms with Crippen molar-refractivity contribution in [1.29, 1.82) is 0 Å². The number of halogens is 1. The molecule has 1 aromatic rings. The van der Waals surface area contributed by atoms with Gasteiger partial charge in [-0.2, -0.15) is 5.10 Å². The lowest BCUT2D eigenvalue weighted by Crippen LogP contribution is -2.33. The Hall–Kier alpha value is -2.15. The standard InChI is InChI=1S/C12H16ClN5O2/c1-2-3-8-15-17(12(14)16-18(19)20)9-10-4-6-11(13)7-5-10/h4-8H,2-3,9H2,1H3,(H2,14,16)/b15-8-. The van der Waals surface area contributed by atoms with Crippen LogP contribution in [0.25, 0.3) is 0 Å². The number of hydrazone groups is 2. The van der Waals surface area contributed by atoms with E-state index in [0.717, 1.165) is 18.4 Å². The summed E-state index contributed by atoms with van der Waals surface area (Å²) in [4.78, 5) is 10.4. The Labute approximate surface area is 121 Å². The average Bonchev–Trinajstić information content (AvgIpc) is 2.39. The van der Waals surface area contributed by atoms with Crippen LogP contribution in [0.3, 0.4) is 0 Å². The number of nitrogens with two attached hydrogens (primary N) is 1. The van der Waals surface area contributed by atoms with Crippen molar-refractivity contribution < 1.29 is 5.03 Å². The zero-order valence-corrected chi connectivity index (χ0v) is 11.8. The van der Waals surface area contributed by atoms with Crippen LogP contribution in [0.4, 0.5) is 0 Å². The summed E-state index contributed by atoms with van der Waals surface area (Å²) in [6.45, 7) is 2.28. The van der Waals surface area contributed by atoms with Gasteiger partial charge in [0.2, 0.25) is 0 Å². The van der Waals surface area contributed by atoms with E-state index in [4.69, 9.17) is 17.3 Å². The fraction of sp³-hybridized carbons (Fsp3) is 0.333. The Kier molecular flexibility index (Phi) is 6.45. The van der Waals surface area contributed by atoms with E-state index in [9.17, 15) is 10.1 Å². The summed E-state index contributed by atoms with van der Waals surface area (Å²) in [5.41, 5.74) is 6.44. The predicted octanol–water partition coefficient (Wildman–Crippen LogP) is 2.43. The van der Waals surface area contributed by atoms with Gasteiger partial charge < -0.3 is 5.73 Å². The zero-order chi connectivity index (χ0) is 15.0. The molecule has 0 amide bonds. The summed E-state index contributed by atoms with van der Waals surface area (Å²) in [6.07, 6.45) is 3.33. The lowest BCUT2D eigenvalue weighted by atomic mass is 10.2. The summed E-state index contributed by atoms with van der Waals surface area (Å²) in [6, 6.07) is 7.05. The molecule has 20 heavy (non-hydrogen) atoms. The number of benzene rings is 1. The van der Waals surface area contributed by atoms with E-state index in [-0.39, 0.29) is 12.5 Å². The number of guanidine groups is 1. The normalized spacial score (nSPS) is 11.8. The molecule has 0 saturated carbocycles. The summed E-state index contributed by atoms with van der Waals surface area (Å²) in [5.74, 6) is -0.266. The van der Waals surface area contributed by atoms with Crippen molar-refractivity contribution in [3.63, 3.8) is 0 Å². The van der Waals surface area contributed by atoms with Gasteiger partial charge >= 0.3 is 0 Å². The molecule has 0 atom stereocenters. The Balaban J connectivity index is 2.86. The molecule has 0 aliphatic carbocycles. The highest BCUT2D eigenvalue weighted by Gasteiger charge is 2.11. The van der Waals surface area contributed by atoms with Crippen LogP contribution in [-0.2, 0) is 6.54 Å². The predicted molar refractivity (Wildman–Crippen MR) is 79.0 cm³/mol. The minimum Gasteiger partial charge on any atom is -0.363 e. The van der Waals surface area contributed by atoms with Gasteiger partial charge in [-0.15, -0.1) is 0 Å². The van der Waals surface area contributed by atoms with Crippen molar-refractivity contribution in [2.75, 3.05) is 0 Å². The Bertz CT molecular complexity index is 501. The quantitative estimate of drug-likeness (QED) is 0.377. The van der Waals surface area contributed by atoms with Gasteiger partial charge in [0.15, 0.2) is 5.03 Å². The molecule has 0 heterocycles. The molecule has 1 rings (SSSR count). The first-order valence-electron chi connectivity index (χ1n) is 6.05. The van der Waals surface area contributed by atoms with Crippen LogP contribution in [0.15, 0.2) is 34.5 Å². The van der Waals surface area contributed by atoms with Gasteiger partial charge in [0.05, 0.1) is 6.54 Å². The minimum absolute atomic E-state index is 0.266. The van der Waals surface area contributed by atoms with Crippen molar-refractivity contribution >= 4 is 23.8 Å². The molecule has 108 valence electrons. The first-order valence-corrected chi connectivity index (χ1v) is 6.43. The lowest BCUT2D eigenvalue weighted by Gasteiger charge is -2.15. The molecule has 0 radical (unpaired) electrons. The van der Waals surface area contributed by atoms with Crippen molar-refractivity contribution in [3.8, 4) is 0 Å². The topological polar surface area (TPSA) is 97.1 Å². The molecule has 0 aliphatic heterocycles. The highest BCUT2D eigenvalue weighted by Crippen LogP contribution is 2.11. The van der Waals surface area contributed by atoms with Gasteiger partial charge in [0, 0.05) is 11.2 Å². The molecular weight excluding hydrogens is 282 g/mol. The molecule has 7 nitrogen and oxygen atoms in total. The molecule has 8 heteroatoms. The lowest BCUT2D eigenvalue weighted by molar-refractivity contribution is -0.485. The second-order valence-corrected chi connectivity index (χ2v) is 4.40. The third-order valence-corrected chi connectivity index (χ3v) is 2.58. The van der Waals surface area contributed by atoms with Crippen LogP contribution in [0, 0.1) is 10.1 Å². The number of unbranched alkanes of at least 4 members (excludes halogenated alkanes) is 1. The zero-order valence-electron chi connectivity index (χ0n) is 11.1. The molecule has 0 saturated heterocycles. The van der Waals surface area contributed by atoms with Crippen LogP contribution in [0.5, 0.6) is 0 Å². The second-order valence-electron chi connectivity index (χ2n) is 3.97. The molecule has 0 aliphatic rings. The molecule has 2 N–H and O–H groups in total. The van der Waals surface area contributed by atoms with Crippen LogP contribution in [0.2, 0.25) is 5.02 Å². The maximum atomic E-state index is 10.4. The van der Waals surface area contributed by atoms with Crippen LogP contribution in [0.1, 0.15) is 25.3 Å². The number of hydrogen-bond donors (Lipinski definition) is 1. The van der Waals surface area contributed by atoms with Crippen LogP contribution in [-0.4, -0.2) is 22.2 Å². The summed E-state index contributed by atoms with van der Waals surface area (Å²) in [5, 5.41) is 18.6. The second kappa shape index (κ2) is 8.11. The van der Waals surface area contributed by atoms with Gasteiger partial charge in [0.1, 0.15) is 5.10 Å². The number of nitrogens with zero attached hydrogens (tertiary/aromatic N) is 4. The van der Waals surface area contributed by atoms with Crippen LogP contribution < -0.4 is 5.73 Å². The molecule has 0 fully saturated rings. The van der Waals surface area contributed by atoms with E-state index in [1.165, 1.54) is 5.01 Å². The smallest absolute Gasteiger partial charge is 0.289 e. The van der Waals surface area contributed by atoms with Gasteiger partial charge in [-0.1, -0.05) is 37.1 Å². The Morgan fingerprint density at radius 2 is 2.15 bits per heavy atom. The fourth-order valence-corrected chi connectivity index (χ4v) is 1.49. The minimum atomic E-state index is -0.848. The summed E-state index contributed by atoms with van der Waals surface area (Å²) >= 11 is 5.80. The molecule has 0 unspecified atom stereocenters. The van der Waals surface area contributed by atoms with E-state index in [2.05, 4.69) is 10.2 Å². The van der Waals surface area contributed by atoms with E-state index < -0.39 is 5.03 Å². The molecule has 0 bridgehead atoms. The first kappa shape index (κ1) is 15.9. The highest BCUT2D eigenvalue weighted by molar-refractivity contribution is 6.30. The maximum absolute atomic E-state index is 10.4. The SMILES string of the molecule is CCC/C=N\N(Cc1ccc(Cl)cc1)/C(N)=N\[N+](=O)[O-]. The fourth-order valence-electron chi connectivity index (χ4n) is 1.36. The van der Waals surface area contributed by atoms with Crippen molar-refractivity contribution in [3.05, 3.63) is 45.0 Å².